The number of hydrogen-bond donors (Lipinski definition) is 3. The molecule has 6 heteroatoms. The van der Waals surface area contributed by atoms with Gasteiger partial charge in [-0.2, -0.15) is 4.98 Å². The Kier molecular flexibility index (Phi) is 3.79. The fourth-order valence-corrected chi connectivity index (χ4v) is 1.66. The Bertz CT molecular complexity index is 576. The van der Waals surface area contributed by atoms with Crippen molar-refractivity contribution in [1.82, 2.24) is 15.2 Å². The lowest BCUT2D eigenvalue weighted by atomic mass is 10.2. The van der Waals surface area contributed by atoms with Crippen molar-refractivity contribution >= 4 is 17.5 Å². The molecule has 2 aromatic rings. The average Bonchev–Trinajstić information content (AvgIpc) is 2.74. The minimum absolute atomic E-state index is 0.230. The highest BCUT2D eigenvalue weighted by atomic mass is 16.1. The number of hydrogen-bond acceptors (Lipinski definition) is 4. The Labute approximate surface area is 111 Å². The number of aromatic nitrogens is 3. The second-order valence-electron chi connectivity index (χ2n) is 4.58. The molecule has 0 unspecified atom stereocenters. The molecule has 0 fully saturated rings. The smallest absolute Gasteiger partial charge is 0.258 e. The summed E-state index contributed by atoms with van der Waals surface area (Å²) in [5, 5.41) is 12.4. The van der Waals surface area contributed by atoms with E-state index >= 15 is 0 Å². The van der Waals surface area contributed by atoms with Gasteiger partial charge in [0.1, 0.15) is 5.82 Å². The van der Waals surface area contributed by atoms with E-state index in [2.05, 4.69) is 25.8 Å². The van der Waals surface area contributed by atoms with Crippen molar-refractivity contribution in [3.63, 3.8) is 0 Å². The third-order valence-corrected chi connectivity index (χ3v) is 2.40. The van der Waals surface area contributed by atoms with Gasteiger partial charge in [-0.3, -0.25) is 15.2 Å². The van der Waals surface area contributed by atoms with Crippen molar-refractivity contribution in [3.8, 4) is 0 Å². The lowest BCUT2D eigenvalue weighted by Crippen LogP contribution is -2.14. The molecule has 0 aliphatic rings. The van der Waals surface area contributed by atoms with Gasteiger partial charge in [0.25, 0.3) is 5.91 Å². The molecule has 1 aromatic carbocycles. The summed E-state index contributed by atoms with van der Waals surface area (Å²) in [6.45, 7) is 5.86. The van der Waals surface area contributed by atoms with Crippen LogP contribution in [0.1, 0.15) is 30.0 Å². The molecule has 100 valence electrons. The van der Waals surface area contributed by atoms with Crippen LogP contribution >= 0.6 is 0 Å². The van der Waals surface area contributed by atoms with Gasteiger partial charge in [0.15, 0.2) is 0 Å². The summed E-state index contributed by atoms with van der Waals surface area (Å²) in [5.74, 6) is 0.710. The molecule has 2 rings (SSSR count). The number of aryl methyl sites for hydroxylation is 1. The molecule has 0 saturated carbocycles. The van der Waals surface area contributed by atoms with E-state index in [1.54, 1.807) is 19.1 Å². The van der Waals surface area contributed by atoms with Crippen molar-refractivity contribution in [2.24, 2.45) is 0 Å². The van der Waals surface area contributed by atoms with Gasteiger partial charge in [-0.25, -0.2) is 0 Å². The second-order valence-corrected chi connectivity index (χ2v) is 4.58. The molecule has 1 amide bonds. The van der Waals surface area contributed by atoms with Crippen LogP contribution in [0.2, 0.25) is 0 Å². The van der Waals surface area contributed by atoms with E-state index in [4.69, 9.17) is 0 Å². The summed E-state index contributed by atoms with van der Waals surface area (Å²) < 4.78 is 0. The predicted molar refractivity (Wildman–Crippen MR) is 74.3 cm³/mol. The summed E-state index contributed by atoms with van der Waals surface area (Å²) >= 11 is 0. The summed E-state index contributed by atoms with van der Waals surface area (Å²) in [4.78, 5) is 16.1. The van der Waals surface area contributed by atoms with Crippen molar-refractivity contribution < 1.29 is 4.79 Å². The number of carbonyl (C=O) groups is 1. The Morgan fingerprint density at radius 2 is 2.16 bits per heavy atom. The van der Waals surface area contributed by atoms with Crippen molar-refractivity contribution in [2.75, 3.05) is 10.6 Å². The Balaban J connectivity index is 2.10. The third kappa shape index (κ3) is 3.54. The van der Waals surface area contributed by atoms with Gasteiger partial charge in [-0.05, 0) is 39.0 Å². The Morgan fingerprint density at radius 3 is 2.79 bits per heavy atom. The van der Waals surface area contributed by atoms with E-state index in [0.29, 0.717) is 17.4 Å². The Morgan fingerprint density at radius 1 is 1.37 bits per heavy atom. The number of rotatable bonds is 4. The highest BCUT2D eigenvalue weighted by Crippen LogP contribution is 2.13. The second kappa shape index (κ2) is 5.51. The molecule has 0 saturated heterocycles. The zero-order valence-electron chi connectivity index (χ0n) is 11.2. The van der Waals surface area contributed by atoms with Crippen LogP contribution in [0.5, 0.6) is 0 Å². The molecule has 1 aromatic heterocycles. The first-order valence-corrected chi connectivity index (χ1v) is 6.11. The average molecular weight is 259 g/mol. The van der Waals surface area contributed by atoms with E-state index in [1.807, 2.05) is 26.0 Å². The number of anilines is 2. The van der Waals surface area contributed by atoms with Gasteiger partial charge in [-0.1, -0.05) is 6.07 Å². The van der Waals surface area contributed by atoms with Crippen LogP contribution in [0, 0.1) is 6.92 Å². The van der Waals surface area contributed by atoms with Crippen LogP contribution in [0.4, 0.5) is 11.6 Å². The fraction of sp³-hybridized carbons (Fsp3) is 0.308. The summed E-state index contributed by atoms with van der Waals surface area (Å²) in [6, 6.07) is 7.63. The number of aromatic amines is 1. The summed E-state index contributed by atoms with van der Waals surface area (Å²) in [5.41, 5.74) is 1.47. The standard InChI is InChI=1S/C13H17N5O/c1-8(2)14-11-6-4-5-10(7-11)12(19)16-13-15-9(3)17-18-13/h4-8,14H,1-3H3,(H2,15,16,17,18,19). The third-order valence-electron chi connectivity index (χ3n) is 2.40. The van der Waals surface area contributed by atoms with Gasteiger partial charge in [0, 0.05) is 17.3 Å². The molecule has 0 bridgehead atoms. The van der Waals surface area contributed by atoms with Crippen molar-refractivity contribution in [2.45, 2.75) is 26.8 Å². The lowest BCUT2D eigenvalue weighted by Gasteiger charge is -2.10. The van der Waals surface area contributed by atoms with Crippen LogP contribution in [0.25, 0.3) is 0 Å². The lowest BCUT2D eigenvalue weighted by molar-refractivity contribution is 0.102. The predicted octanol–water partition coefficient (Wildman–Crippen LogP) is 2.19. The molecule has 19 heavy (non-hydrogen) atoms. The van der Waals surface area contributed by atoms with Gasteiger partial charge in [0.2, 0.25) is 5.95 Å². The zero-order chi connectivity index (χ0) is 13.8. The molecule has 1 heterocycles. The van der Waals surface area contributed by atoms with E-state index in [0.717, 1.165) is 5.69 Å². The number of nitrogens with zero attached hydrogens (tertiary/aromatic N) is 2. The SMILES string of the molecule is Cc1nc(NC(=O)c2cccc(NC(C)C)c2)n[nH]1. The maximum atomic E-state index is 12.0. The maximum Gasteiger partial charge on any atom is 0.258 e. The normalized spacial score (nSPS) is 10.5. The van der Waals surface area contributed by atoms with E-state index in [1.165, 1.54) is 0 Å². The van der Waals surface area contributed by atoms with Crippen LogP contribution in [-0.2, 0) is 0 Å². The monoisotopic (exact) mass is 259 g/mol. The van der Waals surface area contributed by atoms with Crippen LogP contribution in [0.3, 0.4) is 0 Å². The first-order valence-electron chi connectivity index (χ1n) is 6.11. The molecule has 0 spiro atoms. The topological polar surface area (TPSA) is 82.7 Å². The van der Waals surface area contributed by atoms with Crippen LogP contribution in [0.15, 0.2) is 24.3 Å². The molecule has 0 atom stereocenters. The number of carbonyl (C=O) groups excluding carboxylic acids is 1. The number of benzene rings is 1. The summed E-state index contributed by atoms with van der Waals surface area (Å²) in [6.07, 6.45) is 0. The molecule has 0 aliphatic carbocycles. The van der Waals surface area contributed by atoms with E-state index < -0.39 is 0 Å². The van der Waals surface area contributed by atoms with Crippen LogP contribution < -0.4 is 10.6 Å². The van der Waals surface area contributed by atoms with Gasteiger partial charge in [-0.15, -0.1) is 5.10 Å². The minimum atomic E-state index is -0.230. The molecule has 0 radical (unpaired) electrons. The summed E-state index contributed by atoms with van der Waals surface area (Å²) in [7, 11) is 0. The fourth-order valence-electron chi connectivity index (χ4n) is 1.66. The van der Waals surface area contributed by atoms with Crippen molar-refractivity contribution in [3.05, 3.63) is 35.7 Å². The molecule has 6 nitrogen and oxygen atoms in total. The first kappa shape index (κ1) is 13.1. The van der Waals surface area contributed by atoms with E-state index in [-0.39, 0.29) is 11.9 Å². The highest BCUT2D eigenvalue weighted by molar-refractivity contribution is 6.03. The minimum Gasteiger partial charge on any atom is -0.383 e. The Hall–Kier alpha value is -2.37. The molecular weight excluding hydrogens is 242 g/mol. The molecular formula is C13H17N5O. The molecule has 0 aliphatic heterocycles. The highest BCUT2D eigenvalue weighted by Gasteiger charge is 2.09. The van der Waals surface area contributed by atoms with Gasteiger partial charge >= 0.3 is 0 Å². The maximum absolute atomic E-state index is 12.0. The van der Waals surface area contributed by atoms with Gasteiger partial charge in [0.05, 0.1) is 0 Å². The number of H-pyrrole nitrogens is 1. The van der Waals surface area contributed by atoms with E-state index in [9.17, 15) is 4.79 Å². The van der Waals surface area contributed by atoms with Gasteiger partial charge < -0.3 is 5.32 Å². The largest absolute Gasteiger partial charge is 0.383 e. The zero-order valence-corrected chi connectivity index (χ0v) is 11.2. The molecule has 3 N–H and O–H groups in total. The quantitative estimate of drug-likeness (QED) is 0.786. The number of nitrogens with one attached hydrogen (secondary N) is 3. The number of amides is 1. The van der Waals surface area contributed by atoms with Crippen LogP contribution in [-0.4, -0.2) is 27.1 Å². The first-order chi connectivity index (χ1) is 9.04. The van der Waals surface area contributed by atoms with Crippen molar-refractivity contribution in [1.29, 1.82) is 0 Å².